The van der Waals surface area contributed by atoms with Gasteiger partial charge in [-0.2, -0.15) is 13.2 Å². The van der Waals surface area contributed by atoms with Crippen molar-refractivity contribution in [3.05, 3.63) is 59.2 Å². The fourth-order valence-electron chi connectivity index (χ4n) is 2.86. The maximum absolute atomic E-state index is 12.8. The van der Waals surface area contributed by atoms with Crippen LogP contribution in [0.25, 0.3) is 0 Å². The van der Waals surface area contributed by atoms with E-state index in [1.165, 1.54) is 17.0 Å². The molecule has 5 nitrogen and oxygen atoms in total. The van der Waals surface area contributed by atoms with E-state index >= 15 is 0 Å². The molecular formula is C21H20F3N3O2S. The number of amides is 2. The summed E-state index contributed by atoms with van der Waals surface area (Å²) in [4.78, 5) is 30.7. The van der Waals surface area contributed by atoms with Crippen LogP contribution in [-0.4, -0.2) is 34.2 Å². The number of alkyl halides is 3. The number of hydrogen-bond acceptors (Lipinski definition) is 4. The van der Waals surface area contributed by atoms with E-state index in [-0.39, 0.29) is 18.0 Å². The molecule has 2 amide bonds. The molecule has 30 heavy (non-hydrogen) atoms. The van der Waals surface area contributed by atoms with Crippen LogP contribution in [0.5, 0.6) is 0 Å². The molecule has 1 aliphatic rings. The quantitative estimate of drug-likeness (QED) is 0.742. The molecule has 0 aromatic heterocycles. The standard InChI is InChI=1S/C21H20F3N3O2S/c1-12-7-8-16(9-13(12)2)26-20-27(3)19(29)17(30-20)11-18(28)25-15-6-4-5-14(10-15)21(22,23)24/h4-10,17H,11H2,1-3H3,(H,25,28)/t17-/m0/s1. The lowest BCUT2D eigenvalue weighted by molar-refractivity contribution is -0.137. The van der Waals surface area contributed by atoms with Crippen molar-refractivity contribution in [1.82, 2.24) is 4.90 Å². The van der Waals surface area contributed by atoms with Crippen molar-refractivity contribution in [2.45, 2.75) is 31.7 Å². The first kappa shape index (κ1) is 21.9. The van der Waals surface area contributed by atoms with Crippen molar-refractivity contribution in [2.24, 2.45) is 4.99 Å². The average molecular weight is 435 g/mol. The molecule has 0 aliphatic carbocycles. The number of rotatable bonds is 4. The Morgan fingerprint density at radius 3 is 2.57 bits per heavy atom. The first-order chi connectivity index (χ1) is 14.0. The second-order valence-corrected chi connectivity index (χ2v) is 8.17. The van der Waals surface area contributed by atoms with Gasteiger partial charge < -0.3 is 5.32 Å². The lowest BCUT2D eigenvalue weighted by atomic mass is 10.1. The van der Waals surface area contributed by atoms with Gasteiger partial charge in [0.1, 0.15) is 5.25 Å². The molecule has 1 N–H and O–H groups in total. The topological polar surface area (TPSA) is 61.8 Å². The highest BCUT2D eigenvalue weighted by atomic mass is 32.2. The molecule has 1 fully saturated rings. The molecule has 1 heterocycles. The number of anilines is 1. The third kappa shape index (κ3) is 5.02. The van der Waals surface area contributed by atoms with Gasteiger partial charge in [-0.05, 0) is 55.3 Å². The molecule has 0 spiro atoms. The number of carbonyl (C=O) groups is 2. The van der Waals surface area contributed by atoms with Crippen LogP contribution < -0.4 is 5.32 Å². The summed E-state index contributed by atoms with van der Waals surface area (Å²) >= 11 is 1.16. The Hall–Kier alpha value is -2.81. The van der Waals surface area contributed by atoms with Gasteiger partial charge >= 0.3 is 6.18 Å². The Bertz CT molecular complexity index is 1020. The molecule has 158 valence electrons. The van der Waals surface area contributed by atoms with Gasteiger partial charge in [0.05, 0.1) is 11.3 Å². The van der Waals surface area contributed by atoms with Crippen molar-refractivity contribution in [1.29, 1.82) is 0 Å². The molecule has 1 atom stereocenters. The number of hydrogen-bond donors (Lipinski definition) is 1. The number of thioether (sulfide) groups is 1. The summed E-state index contributed by atoms with van der Waals surface area (Å²) in [6.07, 6.45) is -4.67. The van der Waals surface area contributed by atoms with Crippen LogP contribution in [0.15, 0.2) is 47.5 Å². The van der Waals surface area contributed by atoms with Crippen molar-refractivity contribution >= 4 is 40.1 Å². The van der Waals surface area contributed by atoms with E-state index in [1.807, 2.05) is 32.0 Å². The van der Waals surface area contributed by atoms with E-state index in [9.17, 15) is 22.8 Å². The summed E-state index contributed by atoms with van der Waals surface area (Å²) in [5, 5.41) is 2.22. The SMILES string of the molecule is Cc1ccc(N=C2S[C@@H](CC(=O)Nc3cccc(C(F)(F)F)c3)C(=O)N2C)cc1C. The Morgan fingerprint density at radius 2 is 1.90 bits per heavy atom. The Labute approximate surface area is 176 Å². The van der Waals surface area contributed by atoms with Crippen LogP contribution in [0.1, 0.15) is 23.1 Å². The first-order valence-corrected chi connectivity index (χ1v) is 10.00. The highest BCUT2D eigenvalue weighted by molar-refractivity contribution is 8.15. The number of carbonyl (C=O) groups excluding carboxylic acids is 2. The predicted molar refractivity (Wildman–Crippen MR) is 112 cm³/mol. The molecule has 1 aliphatic heterocycles. The maximum Gasteiger partial charge on any atom is 0.416 e. The van der Waals surface area contributed by atoms with Gasteiger partial charge in [0.15, 0.2) is 5.17 Å². The molecule has 0 saturated carbocycles. The minimum absolute atomic E-state index is 0.0302. The highest BCUT2D eigenvalue weighted by Crippen LogP contribution is 2.32. The number of nitrogens with zero attached hydrogens (tertiary/aromatic N) is 2. The van der Waals surface area contributed by atoms with Crippen LogP contribution in [0.2, 0.25) is 0 Å². The van der Waals surface area contributed by atoms with Crippen molar-refractivity contribution in [2.75, 3.05) is 12.4 Å². The van der Waals surface area contributed by atoms with Crippen LogP contribution in [0.3, 0.4) is 0 Å². The average Bonchev–Trinajstić information content (AvgIpc) is 2.92. The molecule has 1 saturated heterocycles. The monoisotopic (exact) mass is 435 g/mol. The van der Waals surface area contributed by atoms with Crippen molar-refractivity contribution in [3.63, 3.8) is 0 Å². The number of halogens is 3. The van der Waals surface area contributed by atoms with Crippen molar-refractivity contribution in [3.8, 4) is 0 Å². The fraction of sp³-hybridized carbons (Fsp3) is 0.286. The highest BCUT2D eigenvalue weighted by Gasteiger charge is 2.37. The molecule has 9 heteroatoms. The lowest BCUT2D eigenvalue weighted by Gasteiger charge is -2.11. The van der Waals surface area contributed by atoms with Gasteiger partial charge in [-0.25, -0.2) is 4.99 Å². The minimum atomic E-state index is -4.50. The molecule has 2 aromatic rings. The number of benzene rings is 2. The van der Waals surface area contributed by atoms with E-state index in [4.69, 9.17) is 0 Å². The zero-order valence-electron chi connectivity index (χ0n) is 16.6. The van der Waals surface area contributed by atoms with Gasteiger partial charge in [-0.3, -0.25) is 14.5 Å². The summed E-state index contributed by atoms with van der Waals surface area (Å²) in [6, 6.07) is 10.1. The van der Waals surface area contributed by atoms with E-state index in [1.54, 1.807) is 7.05 Å². The Kier molecular flexibility index (Phi) is 6.21. The summed E-state index contributed by atoms with van der Waals surface area (Å²) in [6.45, 7) is 3.96. The molecule has 2 aromatic carbocycles. The Morgan fingerprint density at radius 1 is 1.17 bits per heavy atom. The molecule has 0 radical (unpaired) electrons. The normalized spacial score (nSPS) is 18.2. The number of nitrogens with one attached hydrogen (secondary N) is 1. The third-order valence-electron chi connectivity index (χ3n) is 4.70. The summed E-state index contributed by atoms with van der Waals surface area (Å²) < 4.78 is 38.5. The third-order valence-corrected chi connectivity index (χ3v) is 5.93. The largest absolute Gasteiger partial charge is 0.416 e. The fourth-order valence-corrected chi connectivity index (χ4v) is 4.01. The smallest absolute Gasteiger partial charge is 0.326 e. The summed E-state index contributed by atoms with van der Waals surface area (Å²) in [5.74, 6) is -0.817. The van der Waals surface area contributed by atoms with E-state index < -0.39 is 22.9 Å². The molecule has 0 bridgehead atoms. The number of aliphatic imine (C=N–C) groups is 1. The predicted octanol–water partition coefficient (Wildman–Crippen LogP) is 4.91. The zero-order valence-corrected chi connectivity index (χ0v) is 17.4. The molecule has 0 unspecified atom stereocenters. The summed E-state index contributed by atoms with van der Waals surface area (Å²) in [7, 11) is 1.58. The van der Waals surface area contributed by atoms with E-state index in [0.29, 0.717) is 10.9 Å². The molecule has 3 rings (SSSR count). The number of aryl methyl sites for hydroxylation is 2. The number of amidine groups is 1. The Balaban J connectivity index is 1.68. The van der Waals surface area contributed by atoms with E-state index in [0.717, 1.165) is 35.0 Å². The second-order valence-electron chi connectivity index (χ2n) is 7.00. The van der Waals surface area contributed by atoms with Gasteiger partial charge in [0, 0.05) is 19.2 Å². The van der Waals surface area contributed by atoms with Crippen LogP contribution >= 0.6 is 11.8 Å². The second kappa shape index (κ2) is 8.51. The van der Waals surface area contributed by atoms with Crippen molar-refractivity contribution < 1.29 is 22.8 Å². The van der Waals surface area contributed by atoms with Gasteiger partial charge in [-0.15, -0.1) is 0 Å². The summed E-state index contributed by atoms with van der Waals surface area (Å²) in [5.41, 5.74) is 2.09. The van der Waals surface area contributed by atoms with Gasteiger partial charge in [0.25, 0.3) is 0 Å². The zero-order chi connectivity index (χ0) is 22.1. The van der Waals surface area contributed by atoms with Gasteiger partial charge in [0.2, 0.25) is 11.8 Å². The van der Waals surface area contributed by atoms with Crippen LogP contribution in [0, 0.1) is 13.8 Å². The van der Waals surface area contributed by atoms with Crippen LogP contribution in [-0.2, 0) is 15.8 Å². The minimum Gasteiger partial charge on any atom is -0.326 e. The lowest BCUT2D eigenvalue weighted by Crippen LogP contribution is -2.30. The molecular weight excluding hydrogens is 415 g/mol. The van der Waals surface area contributed by atoms with Crippen LogP contribution in [0.4, 0.5) is 24.5 Å². The first-order valence-electron chi connectivity index (χ1n) is 9.12. The maximum atomic E-state index is 12.8. The van der Waals surface area contributed by atoms with Gasteiger partial charge in [-0.1, -0.05) is 23.9 Å². The van der Waals surface area contributed by atoms with E-state index in [2.05, 4.69) is 10.3 Å².